The van der Waals surface area contributed by atoms with E-state index in [1.165, 1.54) is 30.4 Å². The van der Waals surface area contributed by atoms with E-state index in [1.807, 2.05) is 6.92 Å². The Balaban J connectivity index is 2.09. The quantitative estimate of drug-likeness (QED) is 0.921. The predicted molar refractivity (Wildman–Crippen MR) is 81.5 cm³/mol. The highest BCUT2D eigenvalue weighted by Gasteiger charge is 2.19. The number of aromatic nitrogens is 2. The van der Waals surface area contributed by atoms with Crippen LogP contribution in [0.4, 0.5) is 5.69 Å². The van der Waals surface area contributed by atoms with E-state index in [9.17, 15) is 4.79 Å². The van der Waals surface area contributed by atoms with Crippen LogP contribution in [0.15, 0.2) is 15.5 Å². The average Bonchev–Trinajstić information content (AvgIpc) is 2.41. The molecule has 1 fully saturated rings. The third-order valence-corrected chi connectivity index (χ3v) is 4.56. The van der Waals surface area contributed by atoms with Crippen molar-refractivity contribution >= 4 is 21.6 Å². The van der Waals surface area contributed by atoms with Crippen molar-refractivity contribution in [3.8, 4) is 0 Å². The van der Waals surface area contributed by atoms with Crippen LogP contribution in [0.25, 0.3) is 0 Å². The van der Waals surface area contributed by atoms with Crippen LogP contribution in [-0.2, 0) is 6.54 Å². The lowest BCUT2D eigenvalue weighted by molar-refractivity contribution is 0.361. The third kappa shape index (κ3) is 3.59. The summed E-state index contributed by atoms with van der Waals surface area (Å²) in [6.07, 6.45) is 7.54. The van der Waals surface area contributed by atoms with E-state index >= 15 is 0 Å². The molecule has 0 radical (unpaired) electrons. The van der Waals surface area contributed by atoms with Crippen molar-refractivity contribution in [1.29, 1.82) is 0 Å². The number of rotatable bonds is 4. The normalized spacial score (nSPS) is 23.3. The van der Waals surface area contributed by atoms with Crippen LogP contribution in [0.1, 0.15) is 46.0 Å². The molecular formula is C14H22BrN3O. The number of nitrogens with zero attached hydrogens (tertiary/aromatic N) is 2. The van der Waals surface area contributed by atoms with E-state index in [1.54, 1.807) is 6.20 Å². The summed E-state index contributed by atoms with van der Waals surface area (Å²) in [4.78, 5) is 12.1. The molecule has 0 unspecified atom stereocenters. The number of anilines is 1. The van der Waals surface area contributed by atoms with Gasteiger partial charge in [0.1, 0.15) is 4.47 Å². The highest BCUT2D eigenvalue weighted by molar-refractivity contribution is 9.10. The molecular weight excluding hydrogens is 306 g/mol. The highest BCUT2D eigenvalue weighted by Crippen LogP contribution is 2.27. The summed E-state index contributed by atoms with van der Waals surface area (Å²) in [5, 5.41) is 7.68. The zero-order valence-corrected chi connectivity index (χ0v) is 13.2. The van der Waals surface area contributed by atoms with Gasteiger partial charge in [0.2, 0.25) is 0 Å². The summed E-state index contributed by atoms with van der Waals surface area (Å²) in [5.74, 6) is 0.831. The Kier molecular flexibility index (Phi) is 5.02. The molecule has 0 aliphatic heterocycles. The van der Waals surface area contributed by atoms with Crippen LogP contribution in [0.2, 0.25) is 0 Å². The minimum Gasteiger partial charge on any atom is -0.380 e. The van der Waals surface area contributed by atoms with Gasteiger partial charge in [-0.1, -0.05) is 13.8 Å². The molecule has 0 atom stereocenters. The minimum atomic E-state index is -0.0453. The molecule has 1 aromatic rings. The molecule has 106 valence electrons. The monoisotopic (exact) mass is 327 g/mol. The molecule has 0 bridgehead atoms. The van der Waals surface area contributed by atoms with Gasteiger partial charge in [0.25, 0.3) is 5.56 Å². The molecule has 1 N–H and O–H groups in total. The summed E-state index contributed by atoms with van der Waals surface area (Å²) < 4.78 is 2.12. The molecule has 1 saturated carbocycles. The van der Waals surface area contributed by atoms with Crippen LogP contribution in [0.3, 0.4) is 0 Å². The fourth-order valence-electron chi connectivity index (χ4n) is 2.56. The predicted octanol–water partition coefficient (Wildman–Crippen LogP) is 3.41. The molecule has 2 rings (SSSR count). The van der Waals surface area contributed by atoms with Gasteiger partial charge in [-0.15, -0.1) is 0 Å². The van der Waals surface area contributed by atoms with E-state index < -0.39 is 0 Å². The number of aryl methyl sites for hydroxylation is 1. The summed E-state index contributed by atoms with van der Waals surface area (Å²) in [6.45, 7) is 5.01. The zero-order chi connectivity index (χ0) is 13.8. The number of nitrogens with one attached hydrogen (secondary N) is 1. The van der Waals surface area contributed by atoms with Crippen molar-refractivity contribution in [2.45, 2.75) is 58.5 Å². The SMILES string of the molecule is CCCn1ncc(NC2CCC(C)CC2)c(Br)c1=O. The first-order valence-corrected chi connectivity index (χ1v) is 7.93. The maximum Gasteiger partial charge on any atom is 0.283 e. The summed E-state index contributed by atoms with van der Waals surface area (Å²) in [5.41, 5.74) is 0.785. The average molecular weight is 328 g/mol. The molecule has 0 amide bonds. The number of halogens is 1. The lowest BCUT2D eigenvalue weighted by atomic mass is 9.87. The first kappa shape index (κ1) is 14.6. The molecule has 1 heterocycles. The molecule has 4 nitrogen and oxygen atoms in total. The van der Waals surface area contributed by atoms with Crippen molar-refractivity contribution in [3.63, 3.8) is 0 Å². The maximum atomic E-state index is 12.1. The molecule has 1 aliphatic rings. The Morgan fingerprint density at radius 3 is 2.74 bits per heavy atom. The Bertz CT molecular complexity index is 478. The van der Waals surface area contributed by atoms with E-state index in [-0.39, 0.29) is 5.56 Å². The highest BCUT2D eigenvalue weighted by atomic mass is 79.9. The minimum absolute atomic E-state index is 0.0453. The number of hydrogen-bond donors (Lipinski definition) is 1. The van der Waals surface area contributed by atoms with E-state index in [4.69, 9.17) is 0 Å². The van der Waals surface area contributed by atoms with Gasteiger partial charge in [0.15, 0.2) is 0 Å². The van der Waals surface area contributed by atoms with Crippen LogP contribution in [-0.4, -0.2) is 15.8 Å². The lowest BCUT2D eigenvalue weighted by Gasteiger charge is -2.27. The Hall–Kier alpha value is -0.840. The second-order valence-corrected chi connectivity index (χ2v) is 6.29. The van der Waals surface area contributed by atoms with Gasteiger partial charge in [0.05, 0.1) is 11.9 Å². The molecule has 1 aromatic heterocycles. The topological polar surface area (TPSA) is 46.9 Å². The molecule has 0 aromatic carbocycles. The summed E-state index contributed by atoms with van der Waals surface area (Å²) >= 11 is 3.40. The van der Waals surface area contributed by atoms with Crippen LogP contribution >= 0.6 is 15.9 Å². The molecule has 19 heavy (non-hydrogen) atoms. The van der Waals surface area contributed by atoms with Crippen molar-refractivity contribution in [2.24, 2.45) is 5.92 Å². The maximum absolute atomic E-state index is 12.1. The van der Waals surface area contributed by atoms with Gasteiger partial charge in [0, 0.05) is 12.6 Å². The number of hydrogen-bond acceptors (Lipinski definition) is 3. The van der Waals surface area contributed by atoms with Crippen LogP contribution < -0.4 is 10.9 Å². The van der Waals surface area contributed by atoms with Crippen molar-refractivity contribution in [2.75, 3.05) is 5.32 Å². The first-order valence-electron chi connectivity index (χ1n) is 7.14. The van der Waals surface area contributed by atoms with E-state index in [0.29, 0.717) is 17.1 Å². The van der Waals surface area contributed by atoms with Gasteiger partial charge >= 0.3 is 0 Å². The van der Waals surface area contributed by atoms with Crippen molar-refractivity contribution in [1.82, 2.24) is 9.78 Å². The Morgan fingerprint density at radius 1 is 1.42 bits per heavy atom. The van der Waals surface area contributed by atoms with E-state index in [0.717, 1.165) is 18.0 Å². The van der Waals surface area contributed by atoms with E-state index in [2.05, 4.69) is 33.3 Å². The Morgan fingerprint density at radius 2 is 2.11 bits per heavy atom. The second kappa shape index (κ2) is 6.55. The zero-order valence-electron chi connectivity index (χ0n) is 11.7. The third-order valence-electron chi connectivity index (χ3n) is 3.80. The van der Waals surface area contributed by atoms with Crippen molar-refractivity contribution < 1.29 is 0 Å². The fraction of sp³-hybridized carbons (Fsp3) is 0.714. The first-order chi connectivity index (χ1) is 9.11. The standard InChI is InChI=1S/C14H22BrN3O/c1-3-8-18-14(19)13(15)12(9-16-18)17-11-6-4-10(2)5-7-11/h9-11,17H,3-8H2,1-2H3. The molecule has 0 saturated heterocycles. The fourth-order valence-corrected chi connectivity index (χ4v) is 2.98. The van der Waals surface area contributed by atoms with Crippen LogP contribution in [0.5, 0.6) is 0 Å². The molecule has 0 spiro atoms. The Labute approximate surface area is 122 Å². The van der Waals surface area contributed by atoms with Gasteiger partial charge in [-0.3, -0.25) is 4.79 Å². The van der Waals surface area contributed by atoms with Gasteiger partial charge in [-0.2, -0.15) is 5.10 Å². The summed E-state index contributed by atoms with van der Waals surface area (Å²) in [7, 11) is 0. The molecule has 5 heteroatoms. The van der Waals surface area contributed by atoms with Gasteiger partial charge < -0.3 is 5.32 Å². The summed E-state index contributed by atoms with van der Waals surface area (Å²) in [6, 6.07) is 0.468. The molecule has 1 aliphatic carbocycles. The smallest absolute Gasteiger partial charge is 0.283 e. The van der Waals surface area contributed by atoms with Gasteiger partial charge in [-0.25, -0.2) is 4.68 Å². The second-order valence-electron chi connectivity index (χ2n) is 5.50. The largest absolute Gasteiger partial charge is 0.380 e. The lowest BCUT2D eigenvalue weighted by Crippen LogP contribution is -2.29. The van der Waals surface area contributed by atoms with Crippen LogP contribution in [0, 0.1) is 5.92 Å². The van der Waals surface area contributed by atoms with Gasteiger partial charge in [-0.05, 0) is 54.0 Å². The van der Waals surface area contributed by atoms with Crippen molar-refractivity contribution in [3.05, 3.63) is 21.0 Å².